The first-order chi connectivity index (χ1) is 12.0. The van der Waals surface area contributed by atoms with Gasteiger partial charge < -0.3 is 15.0 Å². The quantitative estimate of drug-likeness (QED) is 0.929. The number of rotatable bonds is 3. The van der Waals surface area contributed by atoms with Crippen molar-refractivity contribution in [2.75, 3.05) is 18.4 Å². The molecule has 3 rings (SSSR count). The van der Waals surface area contributed by atoms with Crippen LogP contribution in [0.15, 0.2) is 30.3 Å². The Morgan fingerprint density at radius 1 is 1.20 bits per heavy atom. The third kappa shape index (κ3) is 4.68. The Morgan fingerprint density at radius 3 is 2.68 bits per heavy atom. The largest absolute Gasteiger partial charge is 0.458 e. The molecule has 132 valence electrons. The molecule has 6 nitrogen and oxygen atoms in total. The van der Waals surface area contributed by atoms with E-state index in [1.807, 2.05) is 51.1 Å². The van der Waals surface area contributed by atoms with Crippen molar-refractivity contribution in [2.24, 2.45) is 0 Å². The molecule has 1 aliphatic heterocycles. The molecule has 1 saturated heterocycles. The van der Waals surface area contributed by atoms with E-state index in [1.165, 1.54) is 0 Å². The van der Waals surface area contributed by atoms with Crippen molar-refractivity contribution in [3.63, 3.8) is 0 Å². The Balaban J connectivity index is 1.61. The highest BCUT2D eigenvalue weighted by atomic mass is 16.5. The zero-order chi connectivity index (χ0) is 17.8. The number of benzene rings is 1. The number of carbonyl (C=O) groups excluding carboxylic acids is 1. The van der Waals surface area contributed by atoms with Gasteiger partial charge in [0, 0.05) is 23.6 Å². The molecule has 0 saturated carbocycles. The van der Waals surface area contributed by atoms with E-state index in [4.69, 9.17) is 4.74 Å². The topological polar surface area (TPSA) is 67.4 Å². The van der Waals surface area contributed by atoms with Crippen LogP contribution in [-0.4, -0.2) is 40.1 Å². The lowest BCUT2D eigenvalue weighted by Crippen LogP contribution is -2.46. The number of amides is 2. The molecule has 1 atom stereocenters. The highest BCUT2D eigenvalue weighted by molar-refractivity contribution is 5.89. The van der Waals surface area contributed by atoms with Crippen LogP contribution in [0, 0.1) is 20.8 Å². The maximum atomic E-state index is 12.5. The Bertz CT molecular complexity index is 743. The van der Waals surface area contributed by atoms with Gasteiger partial charge in [-0.1, -0.05) is 12.1 Å². The van der Waals surface area contributed by atoms with Crippen molar-refractivity contribution in [2.45, 2.75) is 39.7 Å². The fourth-order valence-corrected chi connectivity index (χ4v) is 3.04. The third-order valence-corrected chi connectivity index (χ3v) is 4.17. The number of aryl methyl sites for hydroxylation is 3. The monoisotopic (exact) mass is 340 g/mol. The minimum atomic E-state index is -0.0970. The molecule has 0 aliphatic carbocycles. The number of carbonyl (C=O) groups is 1. The molecule has 2 amide bonds. The van der Waals surface area contributed by atoms with Crippen molar-refractivity contribution in [1.82, 2.24) is 14.9 Å². The second kappa shape index (κ2) is 7.51. The summed E-state index contributed by atoms with van der Waals surface area (Å²) in [5.41, 5.74) is 3.69. The first-order valence-electron chi connectivity index (χ1n) is 8.61. The minimum Gasteiger partial charge on any atom is -0.458 e. The number of nitrogens with one attached hydrogen (secondary N) is 1. The van der Waals surface area contributed by atoms with E-state index in [1.54, 1.807) is 4.90 Å². The van der Waals surface area contributed by atoms with Crippen LogP contribution >= 0.6 is 0 Å². The highest BCUT2D eigenvalue weighted by Gasteiger charge is 2.25. The fraction of sp³-hybridized carbons (Fsp3) is 0.421. The minimum absolute atomic E-state index is 0.0850. The summed E-state index contributed by atoms with van der Waals surface area (Å²) in [7, 11) is 0. The van der Waals surface area contributed by atoms with Gasteiger partial charge in [0.25, 0.3) is 0 Å². The molecule has 0 bridgehead atoms. The van der Waals surface area contributed by atoms with Crippen LogP contribution in [0.1, 0.15) is 29.8 Å². The number of hydrogen-bond donors (Lipinski definition) is 1. The van der Waals surface area contributed by atoms with Gasteiger partial charge in [0.15, 0.2) is 0 Å². The van der Waals surface area contributed by atoms with Gasteiger partial charge in [-0.25, -0.2) is 14.8 Å². The molecule has 1 fully saturated rings. The first kappa shape index (κ1) is 17.2. The predicted octanol–water partition coefficient (Wildman–Crippen LogP) is 3.48. The van der Waals surface area contributed by atoms with Gasteiger partial charge in [-0.3, -0.25) is 0 Å². The van der Waals surface area contributed by atoms with Crippen LogP contribution in [0.3, 0.4) is 0 Å². The van der Waals surface area contributed by atoms with Gasteiger partial charge in [-0.15, -0.1) is 0 Å². The Hall–Kier alpha value is -2.63. The fourth-order valence-electron chi connectivity index (χ4n) is 3.04. The van der Waals surface area contributed by atoms with Crippen LogP contribution < -0.4 is 10.1 Å². The molecule has 1 unspecified atom stereocenters. The molecule has 1 N–H and O–H groups in total. The number of nitrogens with zero attached hydrogens (tertiary/aromatic N) is 3. The number of anilines is 1. The lowest BCUT2D eigenvalue weighted by molar-refractivity contribution is 0.0980. The van der Waals surface area contributed by atoms with Crippen LogP contribution in [-0.2, 0) is 0 Å². The van der Waals surface area contributed by atoms with Crippen molar-refractivity contribution >= 4 is 11.7 Å². The number of likely N-dealkylation sites (tertiary alicyclic amines) is 1. The number of piperidine rings is 1. The number of urea groups is 1. The lowest BCUT2D eigenvalue weighted by atomic mass is 10.1. The Morgan fingerprint density at radius 2 is 1.96 bits per heavy atom. The summed E-state index contributed by atoms with van der Waals surface area (Å²) in [6, 6.07) is 10.00. The molecule has 0 spiro atoms. The maximum absolute atomic E-state index is 12.5. The third-order valence-electron chi connectivity index (χ3n) is 4.17. The molecule has 25 heavy (non-hydrogen) atoms. The van der Waals surface area contributed by atoms with Gasteiger partial charge in [0.05, 0.1) is 6.54 Å². The number of aromatic nitrogens is 2. The Labute approximate surface area is 148 Å². The van der Waals surface area contributed by atoms with E-state index >= 15 is 0 Å². The summed E-state index contributed by atoms with van der Waals surface area (Å²) < 4.78 is 5.92. The van der Waals surface area contributed by atoms with Crippen molar-refractivity contribution in [1.29, 1.82) is 0 Å². The van der Waals surface area contributed by atoms with Crippen molar-refractivity contribution < 1.29 is 9.53 Å². The summed E-state index contributed by atoms with van der Waals surface area (Å²) in [6.07, 6.45) is 1.71. The zero-order valence-corrected chi connectivity index (χ0v) is 15.0. The van der Waals surface area contributed by atoms with E-state index in [2.05, 4.69) is 15.3 Å². The van der Waals surface area contributed by atoms with E-state index in [-0.39, 0.29) is 12.1 Å². The smallest absolute Gasteiger partial charge is 0.321 e. The summed E-state index contributed by atoms with van der Waals surface area (Å²) in [5, 5.41) is 2.96. The van der Waals surface area contributed by atoms with Crippen LogP contribution in [0.4, 0.5) is 10.5 Å². The summed E-state index contributed by atoms with van der Waals surface area (Å²) >= 11 is 0. The number of hydrogen-bond acceptors (Lipinski definition) is 4. The summed E-state index contributed by atoms with van der Waals surface area (Å²) in [4.78, 5) is 22.9. The standard InChI is InChI=1S/C19H24N4O2/c1-13-6-4-7-16(10-13)22-19(24)23-9-5-8-17(12-23)25-18-20-14(2)11-15(3)21-18/h4,6-7,10-11,17H,5,8-9,12H2,1-3H3,(H,22,24). The number of ether oxygens (including phenoxy) is 1. The van der Waals surface area contributed by atoms with Crippen LogP contribution in [0.2, 0.25) is 0 Å². The first-order valence-corrected chi connectivity index (χ1v) is 8.61. The molecule has 2 heterocycles. The van der Waals surface area contributed by atoms with Crippen molar-refractivity contribution in [3.05, 3.63) is 47.3 Å². The Kier molecular flexibility index (Phi) is 5.16. The van der Waals surface area contributed by atoms with E-state index in [9.17, 15) is 4.79 Å². The molecular formula is C19H24N4O2. The molecule has 2 aromatic rings. The van der Waals surface area contributed by atoms with Gasteiger partial charge in [-0.2, -0.15) is 0 Å². The molecule has 6 heteroatoms. The average Bonchev–Trinajstić information content (AvgIpc) is 2.54. The molecule has 1 aromatic carbocycles. The molecular weight excluding hydrogens is 316 g/mol. The van der Waals surface area contributed by atoms with Gasteiger partial charge in [0.2, 0.25) is 0 Å². The van der Waals surface area contributed by atoms with Gasteiger partial charge in [0.1, 0.15) is 6.10 Å². The second-order valence-corrected chi connectivity index (χ2v) is 6.56. The molecule has 1 aromatic heterocycles. The summed E-state index contributed by atoms with van der Waals surface area (Å²) in [6.45, 7) is 7.11. The normalized spacial score (nSPS) is 17.2. The predicted molar refractivity (Wildman–Crippen MR) is 96.9 cm³/mol. The average molecular weight is 340 g/mol. The zero-order valence-electron chi connectivity index (χ0n) is 15.0. The van der Waals surface area contributed by atoms with Gasteiger partial charge >= 0.3 is 12.0 Å². The molecule has 0 radical (unpaired) electrons. The van der Waals surface area contributed by atoms with Crippen LogP contribution in [0.5, 0.6) is 6.01 Å². The van der Waals surface area contributed by atoms with E-state index in [0.717, 1.165) is 42.0 Å². The summed E-state index contributed by atoms with van der Waals surface area (Å²) in [5.74, 6) is 0. The lowest BCUT2D eigenvalue weighted by Gasteiger charge is -2.32. The van der Waals surface area contributed by atoms with E-state index < -0.39 is 0 Å². The van der Waals surface area contributed by atoms with E-state index in [0.29, 0.717) is 12.6 Å². The van der Waals surface area contributed by atoms with Crippen LogP contribution in [0.25, 0.3) is 0 Å². The maximum Gasteiger partial charge on any atom is 0.321 e. The highest BCUT2D eigenvalue weighted by Crippen LogP contribution is 2.18. The molecule has 1 aliphatic rings. The van der Waals surface area contributed by atoms with Gasteiger partial charge in [-0.05, 0) is 57.4 Å². The SMILES string of the molecule is Cc1cccc(NC(=O)N2CCCC(Oc3nc(C)cc(C)n3)C2)c1. The van der Waals surface area contributed by atoms with Crippen molar-refractivity contribution in [3.8, 4) is 6.01 Å². The second-order valence-electron chi connectivity index (χ2n) is 6.56.